The van der Waals surface area contributed by atoms with Crippen LogP contribution >= 0.6 is 11.6 Å². The Morgan fingerprint density at radius 3 is 3.06 bits per heavy atom. The van der Waals surface area contributed by atoms with Crippen LogP contribution in [-0.2, 0) is 6.54 Å². The molecular weight excluding hydrogens is 239 g/mol. The standard InChI is InChI=1S/C13H18ClFN2/c1-17-6-2-3-12(17)9-16-8-10-7-11(14)4-5-13(10)15/h4-5,7,12,16H,2-3,6,8-9H2,1H3. The first-order chi connectivity index (χ1) is 8.16. The molecule has 0 bridgehead atoms. The van der Waals surface area contributed by atoms with Crippen molar-refractivity contribution in [2.75, 3.05) is 20.1 Å². The molecule has 1 N–H and O–H groups in total. The van der Waals surface area contributed by atoms with Crippen LogP contribution in [0.4, 0.5) is 4.39 Å². The smallest absolute Gasteiger partial charge is 0.127 e. The Labute approximate surface area is 107 Å². The molecule has 17 heavy (non-hydrogen) atoms. The summed E-state index contributed by atoms with van der Waals surface area (Å²) in [6, 6.07) is 5.26. The molecule has 1 unspecified atom stereocenters. The van der Waals surface area contributed by atoms with Gasteiger partial charge in [-0.05, 0) is 44.6 Å². The number of nitrogens with one attached hydrogen (secondary N) is 1. The second-order valence-electron chi connectivity index (χ2n) is 4.64. The molecule has 0 saturated carbocycles. The summed E-state index contributed by atoms with van der Waals surface area (Å²) in [4.78, 5) is 2.35. The van der Waals surface area contributed by atoms with E-state index in [4.69, 9.17) is 11.6 Å². The number of benzene rings is 1. The summed E-state index contributed by atoms with van der Waals surface area (Å²) < 4.78 is 13.4. The van der Waals surface area contributed by atoms with Crippen molar-refractivity contribution < 1.29 is 4.39 Å². The maximum atomic E-state index is 13.4. The highest BCUT2D eigenvalue weighted by molar-refractivity contribution is 6.30. The zero-order valence-corrected chi connectivity index (χ0v) is 10.8. The van der Waals surface area contributed by atoms with Crippen molar-refractivity contribution >= 4 is 11.6 Å². The number of hydrogen-bond donors (Lipinski definition) is 1. The van der Waals surface area contributed by atoms with E-state index in [1.807, 2.05) is 0 Å². The summed E-state index contributed by atoms with van der Waals surface area (Å²) >= 11 is 5.84. The average Bonchev–Trinajstić information content (AvgIpc) is 2.70. The minimum atomic E-state index is -0.193. The number of rotatable bonds is 4. The monoisotopic (exact) mass is 256 g/mol. The van der Waals surface area contributed by atoms with Gasteiger partial charge in [0.05, 0.1) is 0 Å². The number of likely N-dealkylation sites (N-methyl/N-ethyl adjacent to an activating group) is 1. The molecule has 2 nitrogen and oxygen atoms in total. The van der Waals surface area contributed by atoms with Crippen LogP contribution in [0.15, 0.2) is 18.2 Å². The van der Waals surface area contributed by atoms with Gasteiger partial charge in [-0.15, -0.1) is 0 Å². The molecule has 1 fully saturated rings. The van der Waals surface area contributed by atoms with Crippen LogP contribution in [0.1, 0.15) is 18.4 Å². The van der Waals surface area contributed by atoms with Crippen LogP contribution in [0.3, 0.4) is 0 Å². The minimum absolute atomic E-state index is 0.193. The van der Waals surface area contributed by atoms with Crippen molar-refractivity contribution in [3.63, 3.8) is 0 Å². The van der Waals surface area contributed by atoms with E-state index in [2.05, 4.69) is 17.3 Å². The van der Waals surface area contributed by atoms with E-state index in [0.717, 1.165) is 13.1 Å². The van der Waals surface area contributed by atoms with E-state index < -0.39 is 0 Å². The molecule has 0 spiro atoms. The van der Waals surface area contributed by atoms with Gasteiger partial charge in [-0.3, -0.25) is 0 Å². The molecule has 0 aliphatic carbocycles. The fourth-order valence-electron chi connectivity index (χ4n) is 2.29. The molecule has 1 aromatic rings. The first-order valence-electron chi connectivity index (χ1n) is 6.01. The lowest BCUT2D eigenvalue weighted by Crippen LogP contribution is -2.35. The molecule has 1 heterocycles. The van der Waals surface area contributed by atoms with Crippen molar-refractivity contribution in [2.45, 2.75) is 25.4 Å². The second-order valence-corrected chi connectivity index (χ2v) is 5.08. The van der Waals surface area contributed by atoms with Gasteiger partial charge in [-0.2, -0.15) is 0 Å². The molecule has 0 aromatic heterocycles. The molecular formula is C13H18ClFN2. The SMILES string of the molecule is CN1CCCC1CNCc1cc(Cl)ccc1F. The lowest BCUT2D eigenvalue weighted by molar-refractivity contribution is 0.300. The molecule has 1 aliphatic heterocycles. The Balaban J connectivity index is 1.83. The molecule has 1 atom stereocenters. The molecule has 1 aromatic carbocycles. The largest absolute Gasteiger partial charge is 0.311 e. The van der Waals surface area contributed by atoms with Gasteiger partial charge >= 0.3 is 0 Å². The highest BCUT2D eigenvalue weighted by Gasteiger charge is 2.19. The van der Waals surface area contributed by atoms with Gasteiger partial charge in [0.25, 0.3) is 0 Å². The van der Waals surface area contributed by atoms with Gasteiger partial charge in [0.1, 0.15) is 5.82 Å². The van der Waals surface area contributed by atoms with Gasteiger partial charge in [0, 0.05) is 29.7 Å². The van der Waals surface area contributed by atoms with Gasteiger partial charge in [0.15, 0.2) is 0 Å². The van der Waals surface area contributed by atoms with E-state index in [1.165, 1.54) is 18.9 Å². The first-order valence-corrected chi connectivity index (χ1v) is 6.39. The number of likely N-dealkylation sites (tertiary alicyclic amines) is 1. The van der Waals surface area contributed by atoms with Crippen molar-refractivity contribution in [1.82, 2.24) is 10.2 Å². The third-order valence-corrected chi connectivity index (χ3v) is 3.61. The van der Waals surface area contributed by atoms with Crippen LogP contribution < -0.4 is 5.32 Å². The summed E-state index contributed by atoms with van der Waals surface area (Å²) in [5, 5.41) is 3.89. The van der Waals surface area contributed by atoms with Crippen LogP contribution in [0, 0.1) is 5.82 Å². The van der Waals surface area contributed by atoms with Crippen molar-refractivity contribution in [2.24, 2.45) is 0 Å². The maximum Gasteiger partial charge on any atom is 0.127 e. The Morgan fingerprint density at radius 1 is 1.53 bits per heavy atom. The molecule has 0 radical (unpaired) electrons. The predicted molar refractivity (Wildman–Crippen MR) is 68.8 cm³/mol. The van der Waals surface area contributed by atoms with Crippen LogP contribution in [-0.4, -0.2) is 31.1 Å². The van der Waals surface area contributed by atoms with Gasteiger partial charge < -0.3 is 10.2 Å². The third-order valence-electron chi connectivity index (χ3n) is 3.37. The van der Waals surface area contributed by atoms with E-state index >= 15 is 0 Å². The summed E-state index contributed by atoms with van der Waals surface area (Å²) in [6.07, 6.45) is 2.48. The minimum Gasteiger partial charge on any atom is -0.311 e. The van der Waals surface area contributed by atoms with Crippen molar-refractivity contribution in [3.8, 4) is 0 Å². The topological polar surface area (TPSA) is 15.3 Å². The van der Waals surface area contributed by atoms with Crippen LogP contribution in [0.25, 0.3) is 0 Å². The van der Waals surface area contributed by atoms with Gasteiger partial charge in [-0.25, -0.2) is 4.39 Å². The number of nitrogens with zero attached hydrogens (tertiary/aromatic N) is 1. The molecule has 1 aliphatic rings. The molecule has 1 saturated heterocycles. The third kappa shape index (κ3) is 3.41. The quantitative estimate of drug-likeness (QED) is 0.891. The predicted octanol–water partition coefficient (Wildman–Crippen LogP) is 2.66. The fourth-order valence-corrected chi connectivity index (χ4v) is 2.48. The summed E-state index contributed by atoms with van der Waals surface area (Å²) in [5.74, 6) is -0.193. The van der Waals surface area contributed by atoms with E-state index in [0.29, 0.717) is 23.2 Å². The summed E-state index contributed by atoms with van der Waals surface area (Å²) in [6.45, 7) is 2.61. The zero-order valence-electron chi connectivity index (χ0n) is 10.0. The Bertz CT molecular complexity index is 384. The normalized spacial score (nSPS) is 21.0. The van der Waals surface area contributed by atoms with Crippen LogP contribution in [0.2, 0.25) is 5.02 Å². The molecule has 0 amide bonds. The maximum absolute atomic E-state index is 13.4. The molecule has 4 heteroatoms. The highest BCUT2D eigenvalue weighted by Crippen LogP contribution is 2.16. The molecule has 2 rings (SSSR count). The summed E-state index contributed by atoms with van der Waals surface area (Å²) in [5.41, 5.74) is 0.637. The van der Waals surface area contributed by atoms with Crippen molar-refractivity contribution in [1.29, 1.82) is 0 Å². The summed E-state index contributed by atoms with van der Waals surface area (Å²) in [7, 11) is 2.14. The number of halogens is 2. The van der Waals surface area contributed by atoms with E-state index in [1.54, 1.807) is 12.1 Å². The average molecular weight is 257 g/mol. The fraction of sp³-hybridized carbons (Fsp3) is 0.538. The lowest BCUT2D eigenvalue weighted by atomic mass is 10.2. The molecule has 94 valence electrons. The highest BCUT2D eigenvalue weighted by atomic mass is 35.5. The van der Waals surface area contributed by atoms with Gasteiger partial charge in [-0.1, -0.05) is 11.6 Å². The lowest BCUT2D eigenvalue weighted by Gasteiger charge is -2.19. The second kappa shape index (κ2) is 5.80. The van der Waals surface area contributed by atoms with E-state index in [9.17, 15) is 4.39 Å². The van der Waals surface area contributed by atoms with Crippen LogP contribution in [0.5, 0.6) is 0 Å². The Morgan fingerprint density at radius 2 is 2.35 bits per heavy atom. The first kappa shape index (κ1) is 12.8. The number of hydrogen-bond acceptors (Lipinski definition) is 2. The van der Waals surface area contributed by atoms with E-state index in [-0.39, 0.29) is 5.82 Å². The van der Waals surface area contributed by atoms with Crippen molar-refractivity contribution in [3.05, 3.63) is 34.6 Å². The van der Waals surface area contributed by atoms with Gasteiger partial charge in [0.2, 0.25) is 0 Å². The Kier molecular flexibility index (Phi) is 4.37. The Hall–Kier alpha value is -0.640. The zero-order chi connectivity index (χ0) is 12.3.